The molecule has 0 aliphatic rings. The molecule has 17 nitrogen and oxygen atoms in total. The van der Waals surface area contributed by atoms with E-state index in [1.807, 2.05) is 0 Å². The Kier molecular flexibility index (Phi) is 61.5. The van der Waals surface area contributed by atoms with Gasteiger partial charge in [-0.2, -0.15) is 0 Å². The van der Waals surface area contributed by atoms with Gasteiger partial charge in [0.25, 0.3) is 0 Å². The summed E-state index contributed by atoms with van der Waals surface area (Å²) in [4.78, 5) is 72.7. The number of aliphatic hydroxyl groups is 1. The molecule has 0 amide bonds. The Bertz CT molecular complexity index is 1790. The number of hydrogen-bond donors (Lipinski definition) is 3. The molecule has 0 saturated carbocycles. The number of carbonyl (C=O) groups is 4. The van der Waals surface area contributed by atoms with Gasteiger partial charge in [0.2, 0.25) is 0 Å². The van der Waals surface area contributed by atoms with Crippen molar-refractivity contribution in [3.05, 3.63) is 0 Å². The summed E-state index contributed by atoms with van der Waals surface area (Å²) in [7, 11) is -9.91. The Morgan fingerprint density at radius 2 is 0.560 bits per heavy atom. The summed E-state index contributed by atoms with van der Waals surface area (Å²) in [5, 5.41) is 10.6. The third-order valence-electron chi connectivity index (χ3n) is 17.0. The first-order valence-electron chi connectivity index (χ1n) is 37.4. The van der Waals surface area contributed by atoms with Gasteiger partial charge in [0, 0.05) is 25.7 Å². The van der Waals surface area contributed by atoms with Crippen LogP contribution >= 0.6 is 15.6 Å². The fourth-order valence-electron chi connectivity index (χ4n) is 10.9. The van der Waals surface area contributed by atoms with E-state index in [-0.39, 0.29) is 25.7 Å². The van der Waals surface area contributed by atoms with Gasteiger partial charge in [-0.05, 0) is 43.4 Å². The average Bonchev–Trinajstić information content (AvgIpc) is 2.92. The van der Waals surface area contributed by atoms with Crippen LogP contribution in [0.4, 0.5) is 0 Å². The monoisotopic (exact) mass is 1340 g/mol. The van der Waals surface area contributed by atoms with Crippen LogP contribution in [0.1, 0.15) is 363 Å². The Labute approximate surface area is 556 Å². The zero-order valence-corrected chi connectivity index (χ0v) is 61.1. The third-order valence-corrected chi connectivity index (χ3v) is 18.9. The Morgan fingerprint density at radius 3 is 0.835 bits per heavy atom. The highest BCUT2D eigenvalue weighted by atomic mass is 31.2. The van der Waals surface area contributed by atoms with Crippen molar-refractivity contribution in [1.82, 2.24) is 0 Å². The van der Waals surface area contributed by atoms with Gasteiger partial charge < -0.3 is 33.8 Å². The van der Waals surface area contributed by atoms with Crippen molar-refractivity contribution in [2.24, 2.45) is 17.8 Å². The second-order valence-corrected chi connectivity index (χ2v) is 30.1. The van der Waals surface area contributed by atoms with Gasteiger partial charge in [0.1, 0.15) is 19.3 Å². The topological polar surface area (TPSA) is 237 Å². The van der Waals surface area contributed by atoms with Crippen LogP contribution in [-0.2, 0) is 65.4 Å². The quantitative estimate of drug-likeness (QED) is 0.0222. The zero-order chi connectivity index (χ0) is 67.3. The predicted molar refractivity (Wildman–Crippen MR) is 368 cm³/mol. The van der Waals surface area contributed by atoms with Crippen molar-refractivity contribution in [3.63, 3.8) is 0 Å². The highest BCUT2D eigenvalue weighted by Crippen LogP contribution is 2.45. The Balaban J connectivity index is 5.27. The largest absolute Gasteiger partial charge is 0.472 e. The van der Waals surface area contributed by atoms with Crippen LogP contribution in [0.25, 0.3) is 0 Å². The van der Waals surface area contributed by atoms with E-state index < -0.39 is 97.5 Å². The SMILES string of the molecule is CCCCCCCCCCCCCCCC(=O)O[C@H](COC(=O)CCCCCCCCCCC(C)C)COP(=O)(O)OC[C@H](O)COP(=O)(O)OC[C@@H](COC(=O)CCCCCCCCCCCCC(C)C)OC(=O)CCCCCCCCCCCCC(C)CC. The minimum atomic E-state index is -4.95. The molecule has 0 aromatic rings. The lowest BCUT2D eigenvalue weighted by molar-refractivity contribution is -0.161. The average molecular weight is 1340 g/mol. The molecule has 6 atom stereocenters. The van der Waals surface area contributed by atoms with Crippen molar-refractivity contribution in [3.8, 4) is 0 Å². The molecule has 91 heavy (non-hydrogen) atoms. The molecule has 0 bridgehead atoms. The summed E-state index contributed by atoms with van der Waals surface area (Å²) < 4.78 is 68.4. The molecule has 3 N–H and O–H groups in total. The van der Waals surface area contributed by atoms with Gasteiger partial charge in [0.15, 0.2) is 12.2 Å². The van der Waals surface area contributed by atoms with E-state index in [1.165, 1.54) is 173 Å². The molecule has 540 valence electrons. The number of hydrogen-bond acceptors (Lipinski definition) is 15. The number of aliphatic hydroxyl groups excluding tert-OH is 1. The van der Waals surface area contributed by atoms with E-state index in [9.17, 15) is 43.2 Å². The van der Waals surface area contributed by atoms with E-state index in [0.29, 0.717) is 25.7 Å². The molecule has 0 radical (unpaired) electrons. The molecule has 0 spiro atoms. The molecule has 0 aliphatic carbocycles. The van der Waals surface area contributed by atoms with Crippen LogP contribution in [0.2, 0.25) is 0 Å². The zero-order valence-electron chi connectivity index (χ0n) is 59.3. The maximum atomic E-state index is 13.0. The first kappa shape index (κ1) is 89.1. The highest BCUT2D eigenvalue weighted by molar-refractivity contribution is 7.47. The van der Waals surface area contributed by atoms with Gasteiger partial charge >= 0.3 is 39.5 Å². The van der Waals surface area contributed by atoms with Gasteiger partial charge in [-0.15, -0.1) is 0 Å². The molecule has 0 fully saturated rings. The van der Waals surface area contributed by atoms with Crippen molar-refractivity contribution < 1.29 is 80.2 Å². The summed E-state index contributed by atoms with van der Waals surface area (Å²) in [6.07, 6.45) is 47.0. The molecule has 0 aromatic heterocycles. The van der Waals surface area contributed by atoms with Crippen LogP contribution in [0.5, 0.6) is 0 Å². The first-order chi connectivity index (χ1) is 43.8. The van der Waals surface area contributed by atoms with E-state index in [1.54, 1.807) is 0 Å². The lowest BCUT2D eigenvalue weighted by Crippen LogP contribution is -2.30. The molecular weight excluding hydrogens is 1200 g/mol. The number of carbonyl (C=O) groups excluding carboxylic acids is 4. The van der Waals surface area contributed by atoms with Crippen molar-refractivity contribution >= 4 is 39.5 Å². The minimum absolute atomic E-state index is 0.106. The molecule has 3 unspecified atom stereocenters. The van der Waals surface area contributed by atoms with Gasteiger partial charge in [-0.25, -0.2) is 9.13 Å². The highest BCUT2D eigenvalue weighted by Gasteiger charge is 2.30. The summed E-state index contributed by atoms with van der Waals surface area (Å²) in [5.74, 6) is 0.166. The first-order valence-corrected chi connectivity index (χ1v) is 40.4. The van der Waals surface area contributed by atoms with Crippen molar-refractivity contribution in [2.75, 3.05) is 39.6 Å². The Morgan fingerprint density at radius 1 is 0.319 bits per heavy atom. The minimum Gasteiger partial charge on any atom is -0.462 e. The van der Waals surface area contributed by atoms with Crippen molar-refractivity contribution in [1.29, 1.82) is 0 Å². The number of rotatable bonds is 70. The second-order valence-electron chi connectivity index (χ2n) is 27.2. The molecule has 0 saturated heterocycles. The van der Waals surface area contributed by atoms with E-state index in [0.717, 1.165) is 108 Å². The molecule has 0 aliphatic heterocycles. The normalized spacial score (nSPS) is 14.5. The summed E-state index contributed by atoms with van der Waals surface area (Å²) in [5.41, 5.74) is 0. The number of unbranched alkanes of at least 4 members (excludes halogenated alkanes) is 37. The van der Waals surface area contributed by atoms with Crippen LogP contribution in [0.3, 0.4) is 0 Å². The number of esters is 4. The smallest absolute Gasteiger partial charge is 0.462 e. The lowest BCUT2D eigenvalue weighted by atomic mass is 9.99. The van der Waals surface area contributed by atoms with Crippen LogP contribution in [0.15, 0.2) is 0 Å². The molecule has 19 heteroatoms. The van der Waals surface area contributed by atoms with Gasteiger partial charge in [-0.3, -0.25) is 37.3 Å². The van der Waals surface area contributed by atoms with Crippen molar-refractivity contribution in [2.45, 2.75) is 381 Å². The van der Waals surface area contributed by atoms with Gasteiger partial charge in [0.05, 0.1) is 26.4 Å². The fraction of sp³-hybridized carbons (Fsp3) is 0.944. The van der Waals surface area contributed by atoms with Crippen LogP contribution < -0.4 is 0 Å². The van der Waals surface area contributed by atoms with Gasteiger partial charge in [-0.1, -0.05) is 312 Å². The molecule has 0 aromatic carbocycles. The Hall–Kier alpha value is -1.94. The maximum absolute atomic E-state index is 13.0. The summed E-state index contributed by atoms with van der Waals surface area (Å²) >= 11 is 0. The van der Waals surface area contributed by atoms with E-state index in [2.05, 4.69) is 48.5 Å². The predicted octanol–water partition coefficient (Wildman–Crippen LogP) is 20.6. The number of phosphoric ester groups is 2. The van der Waals surface area contributed by atoms with Crippen LogP contribution in [-0.4, -0.2) is 96.7 Å². The standard InChI is InChI=1S/C72H140O17P2/c1-8-10-11-12-13-14-15-16-17-25-34-41-48-55-71(76)88-68(60-83-70(75)54-47-40-33-28-27-30-37-44-51-64(5)6)62-87-91(80,81)85-58-66(73)57-84-90(78,79)86-61-67(59-82-69(74)53-46-39-32-24-20-18-22-29-36-43-50-63(3)4)89-72(77)56-49-42-35-26-21-19-23-31-38-45-52-65(7)9-2/h63-68,73H,8-62H2,1-7H3,(H,78,79)(H,80,81)/t65?,66-,67-,68-/m1/s1. The number of ether oxygens (including phenoxy) is 4. The fourth-order valence-corrected chi connectivity index (χ4v) is 12.4. The van der Waals surface area contributed by atoms with E-state index in [4.69, 9.17) is 37.0 Å². The maximum Gasteiger partial charge on any atom is 0.472 e. The molecule has 0 rings (SSSR count). The third kappa shape index (κ3) is 65.1. The van der Waals surface area contributed by atoms with E-state index >= 15 is 0 Å². The summed E-state index contributed by atoms with van der Waals surface area (Å²) in [6.45, 7) is 11.9. The molecule has 0 heterocycles. The summed E-state index contributed by atoms with van der Waals surface area (Å²) in [6, 6.07) is 0. The lowest BCUT2D eigenvalue weighted by Gasteiger charge is -2.21. The molecular formula is C72H140O17P2. The number of phosphoric acid groups is 2. The van der Waals surface area contributed by atoms with Crippen LogP contribution in [0, 0.1) is 17.8 Å². The second kappa shape index (κ2) is 62.8.